The molecular formula is C4H15Cl3Si. The summed E-state index contributed by atoms with van der Waals surface area (Å²) >= 11 is 0. The van der Waals surface area contributed by atoms with E-state index >= 15 is 0 Å². The van der Waals surface area contributed by atoms with Crippen LogP contribution in [0.2, 0.25) is 5.04 Å². The Morgan fingerprint density at radius 2 is 0.875 bits per heavy atom. The quantitative estimate of drug-likeness (QED) is 0.520. The standard InChI is InChI=1S/C4H12Si.3ClH/c1-4(2,3)5;;;/h1-3,5H3;3*1H. The van der Waals surface area contributed by atoms with E-state index in [4.69, 9.17) is 0 Å². The lowest BCUT2D eigenvalue weighted by Crippen LogP contribution is -1.90. The average molecular weight is 198 g/mol. The maximum atomic E-state index is 2.25. The highest BCUT2D eigenvalue weighted by atomic mass is 35.5. The van der Waals surface area contributed by atoms with E-state index in [-0.39, 0.29) is 37.2 Å². The molecule has 0 unspecified atom stereocenters. The smallest absolute Gasteiger partial charge is 0.00959 e. The lowest BCUT2D eigenvalue weighted by molar-refractivity contribution is 0.767. The van der Waals surface area contributed by atoms with Gasteiger partial charge in [0.25, 0.3) is 0 Å². The first-order valence-electron chi connectivity index (χ1n) is 2.00. The van der Waals surface area contributed by atoms with Crippen molar-refractivity contribution in [1.29, 1.82) is 0 Å². The van der Waals surface area contributed by atoms with Crippen LogP contribution in [-0.2, 0) is 0 Å². The molecule has 0 aromatic carbocycles. The van der Waals surface area contributed by atoms with E-state index in [1.54, 1.807) is 0 Å². The molecule has 0 bridgehead atoms. The van der Waals surface area contributed by atoms with E-state index in [1.165, 1.54) is 10.2 Å². The van der Waals surface area contributed by atoms with Gasteiger partial charge in [0.1, 0.15) is 0 Å². The second-order valence-electron chi connectivity index (χ2n) is 3.00. The van der Waals surface area contributed by atoms with Crippen molar-refractivity contribution in [3.8, 4) is 0 Å². The first-order chi connectivity index (χ1) is 2.00. The van der Waals surface area contributed by atoms with Crippen LogP contribution in [0.15, 0.2) is 0 Å². The van der Waals surface area contributed by atoms with Crippen LogP contribution >= 0.6 is 37.2 Å². The summed E-state index contributed by atoms with van der Waals surface area (Å²) < 4.78 is 0. The average Bonchev–Trinajstić information content (AvgIpc) is 0.722. The monoisotopic (exact) mass is 196 g/mol. The van der Waals surface area contributed by atoms with Gasteiger partial charge in [-0.25, -0.2) is 0 Å². The van der Waals surface area contributed by atoms with Gasteiger partial charge in [0.05, 0.1) is 0 Å². The third-order valence-corrected chi connectivity index (χ3v) is 0. The Morgan fingerprint density at radius 1 is 0.875 bits per heavy atom. The molecule has 0 aliphatic heterocycles. The fourth-order valence-electron chi connectivity index (χ4n) is 0. The first kappa shape index (κ1) is 23.0. The number of hydrogen-bond acceptors (Lipinski definition) is 0. The van der Waals surface area contributed by atoms with Crippen LogP contribution in [0.1, 0.15) is 20.8 Å². The van der Waals surface area contributed by atoms with Gasteiger partial charge in [0.2, 0.25) is 0 Å². The lowest BCUT2D eigenvalue weighted by Gasteiger charge is -2.05. The van der Waals surface area contributed by atoms with Gasteiger partial charge < -0.3 is 0 Å². The zero-order valence-electron chi connectivity index (χ0n) is 5.72. The van der Waals surface area contributed by atoms with E-state index < -0.39 is 0 Å². The van der Waals surface area contributed by atoms with E-state index in [2.05, 4.69) is 20.8 Å². The fourth-order valence-corrected chi connectivity index (χ4v) is 0. The van der Waals surface area contributed by atoms with Crippen LogP contribution < -0.4 is 0 Å². The predicted molar refractivity (Wildman–Crippen MR) is 51.4 cm³/mol. The molecule has 0 saturated heterocycles. The van der Waals surface area contributed by atoms with Gasteiger partial charge in [0.15, 0.2) is 0 Å². The van der Waals surface area contributed by atoms with Crippen LogP contribution in [0.4, 0.5) is 0 Å². The zero-order chi connectivity index (χ0) is 4.50. The van der Waals surface area contributed by atoms with Crippen LogP contribution in [0, 0.1) is 0 Å². The Hall–Kier alpha value is 1.09. The largest absolute Gasteiger partial charge is 0.147 e. The minimum atomic E-state index is 0. The Labute approximate surface area is 73.5 Å². The van der Waals surface area contributed by atoms with Gasteiger partial charge in [-0.05, 0) is 0 Å². The van der Waals surface area contributed by atoms with E-state index in [0.29, 0.717) is 5.04 Å². The molecule has 0 radical (unpaired) electrons. The lowest BCUT2D eigenvalue weighted by atomic mass is 10.3. The molecule has 56 valence electrons. The van der Waals surface area contributed by atoms with E-state index in [9.17, 15) is 0 Å². The first-order valence-corrected chi connectivity index (χ1v) is 3.00. The maximum Gasteiger partial charge on any atom is 0.00959 e. The van der Waals surface area contributed by atoms with Crippen molar-refractivity contribution in [3.05, 3.63) is 0 Å². The van der Waals surface area contributed by atoms with Crippen LogP contribution in [0.3, 0.4) is 0 Å². The number of halogens is 3. The minimum absolute atomic E-state index is 0. The van der Waals surface area contributed by atoms with Crippen molar-refractivity contribution < 1.29 is 0 Å². The molecule has 0 saturated carbocycles. The second-order valence-corrected chi connectivity index (χ2v) is 6.00. The highest BCUT2D eigenvalue weighted by Gasteiger charge is 1.95. The second kappa shape index (κ2) is 8.09. The van der Waals surface area contributed by atoms with E-state index in [0.717, 1.165) is 0 Å². The van der Waals surface area contributed by atoms with Gasteiger partial charge in [-0.3, -0.25) is 0 Å². The fraction of sp³-hybridized carbons (Fsp3) is 1.00. The van der Waals surface area contributed by atoms with Crippen molar-refractivity contribution in [1.82, 2.24) is 0 Å². The zero-order valence-corrected chi connectivity index (χ0v) is 10.2. The van der Waals surface area contributed by atoms with Crippen molar-refractivity contribution in [3.63, 3.8) is 0 Å². The van der Waals surface area contributed by atoms with Gasteiger partial charge >= 0.3 is 0 Å². The molecule has 0 atom stereocenters. The summed E-state index contributed by atoms with van der Waals surface area (Å²) in [5.41, 5.74) is 0. The molecule has 0 fully saturated rings. The summed E-state index contributed by atoms with van der Waals surface area (Å²) in [6.07, 6.45) is 0. The Kier molecular flexibility index (Phi) is 23.2. The molecule has 0 rings (SSSR count). The molecule has 0 aromatic heterocycles. The number of hydrogen-bond donors (Lipinski definition) is 0. The molecule has 8 heavy (non-hydrogen) atoms. The molecular weight excluding hydrogens is 182 g/mol. The van der Waals surface area contributed by atoms with Crippen LogP contribution in [0.5, 0.6) is 0 Å². The van der Waals surface area contributed by atoms with Gasteiger partial charge in [-0.15, -0.1) is 37.2 Å². The third kappa shape index (κ3) is 222. The summed E-state index contributed by atoms with van der Waals surface area (Å²) in [5, 5.41) is 0.639. The van der Waals surface area contributed by atoms with Crippen LogP contribution in [-0.4, -0.2) is 10.2 Å². The topological polar surface area (TPSA) is 0 Å². The Balaban J connectivity index is -0.0000000267. The summed E-state index contributed by atoms with van der Waals surface area (Å²) in [6, 6.07) is 0. The Morgan fingerprint density at radius 3 is 0.875 bits per heavy atom. The normalized spacial score (nSPS) is 7.88. The predicted octanol–water partition coefficient (Wildman–Crippen LogP) is 1.84. The maximum absolute atomic E-state index is 2.25. The van der Waals surface area contributed by atoms with Crippen molar-refractivity contribution in [2.45, 2.75) is 25.8 Å². The van der Waals surface area contributed by atoms with Crippen molar-refractivity contribution in [2.75, 3.05) is 0 Å². The molecule has 0 spiro atoms. The Bertz CT molecular complexity index is 26.8. The molecule has 0 amide bonds. The molecule has 0 heterocycles. The summed E-state index contributed by atoms with van der Waals surface area (Å²) in [5.74, 6) is 0. The molecule has 0 aliphatic carbocycles. The van der Waals surface area contributed by atoms with Gasteiger partial charge in [-0.2, -0.15) is 0 Å². The number of rotatable bonds is 0. The molecule has 4 heteroatoms. The highest BCUT2D eigenvalue weighted by Crippen LogP contribution is 2.13. The third-order valence-electron chi connectivity index (χ3n) is 0. The van der Waals surface area contributed by atoms with Crippen molar-refractivity contribution in [2.24, 2.45) is 0 Å². The SMILES string of the molecule is CC(C)(C)[SiH3].Cl.Cl.Cl. The molecule has 0 aromatic rings. The molecule has 0 aliphatic rings. The minimum Gasteiger partial charge on any atom is -0.147 e. The van der Waals surface area contributed by atoms with Gasteiger partial charge in [0, 0.05) is 10.2 Å². The summed E-state index contributed by atoms with van der Waals surface area (Å²) in [6.45, 7) is 6.75. The highest BCUT2D eigenvalue weighted by molar-refractivity contribution is 6.14. The van der Waals surface area contributed by atoms with Gasteiger partial charge in [-0.1, -0.05) is 25.8 Å². The van der Waals surface area contributed by atoms with Crippen molar-refractivity contribution >= 4 is 47.5 Å². The summed E-state index contributed by atoms with van der Waals surface area (Å²) in [4.78, 5) is 0. The molecule has 0 N–H and O–H groups in total. The summed E-state index contributed by atoms with van der Waals surface area (Å²) in [7, 11) is 1.31. The van der Waals surface area contributed by atoms with E-state index in [1.807, 2.05) is 0 Å². The molecule has 0 nitrogen and oxygen atoms in total. The van der Waals surface area contributed by atoms with Crippen LogP contribution in [0.25, 0.3) is 0 Å².